The number of rotatable bonds is 5. The van der Waals surface area contributed by atoms with Crippen LogP contribution in [0.25, 0.3) is 0 Å². The molecule has 0 saturated heterocycles. The lowest BCUT2D eigenvalue weighted by molar-refractivity contribution is 0.189. The van der Waals surface area contributed by atoms with Crippen LogP contribution in [0.1, 0.15) is 41.4 Å². The maximum absolute atomic E-state index is 9.69. The molecular weight excluding hydrogens is 290 g/mol. The van der Waals surface area contributed by atoms with E-state index in [4.69, 9.17) is 0 Å². The summed E-state index contributed by atoms with van der Waals surface area (Å²) < 4.78 is 4.02. The van der Waals surface area contributed by atoms with Crippen LogP contribution in [0, 0.1) is 13.8 Å². The highest BCUT2D eigenvalue weighted by molar-refractivity contribution is 5.25. The molecule has 0 radical (unpaired) electrons. The SMILES string of the molecule is C=CCn1nc(C)c(CN2CCn3nc([C@H](C)O)cc3C2)c1C. The molecule has 0 fully saturated rings. The zero-order valence-corrected chi connectivity index (χ0v) is 14.2. The second kappa shape index (κ2) is 6.29. The summed E-state index contributed by atoms with van der Waals surface area (Å²) in [6, 6.07) is 2.01. The van der Waals surface area contributed by atoms with E-state index in [1.807, 2.05) is 21.5 Å². The van der Waals surface area contributed by atoms with E-state index in [0.717, 1.165) is 44.1 Å². The van der Waals surface area contributed by atoms with E-state index < -0.39 is 6.10 Å². The smallest absolute Gasteiger partial charge is 0.0950 e. The van der Waals surface area contributed by atoms with Crippen LogP contribution in [-0.2, 0) is 26.2 Å². The van der Waals surface area contributed by atoms with E-state index in [9.17, 15) is 5.11 Å². The molecule has 0 bridgehead atoms. The van der Waals surface area contributed by atoms with Gasteiger partial charge < -0.3 is 5.11 Å². The third-order valence-electron chi connectivity index (χ3n) is 4.54. The summed E-state index contributed by atoms with van der Waals surface area (Å²) in [4.78, 5) is 2.41. The standard InChI is InChI=1S/C17H25N5O/c1-5-6-21-13(3)16(12(2)18-21)11-20-7-8-22-15(10-20)9-17(19-22)14(4)23/h5,9,14,23H,1,6-8,10-11H2,2-4H3/t14-/m0/s1. The van der Waals surface area contributed by atoms with E-state index in [1.54, 1.807) is 6.92 Å². The van der Waals surface area contributed by atoms with Gasteiger partial charge >= 0.3 is 0 Å². The van der Waals surface area contributed by atoms with Gasteiger partial charge in [-0.3, -0.25) is 14.3 Å². The lowest BCUT2D eigenvalue weighted by Gasteiger charge is -2.27. The zero-order valence-electron chi connectivity index (χ0n) is 14.2. The van der Waals surface area contributed by atoms with Crippen molar-refractivity contribution in [1.29, 1.82) is 0 Å². The molecule has 2 aromatic rings. The van der Waals surface area contributed by atoms with Crippen molar-refractivity contribution in [2.75, 3.05) is 6.54 Å². The van der Waals surface area contributed by atoms with Gasteiger partial charge in [-0.25, -0.2) is 0 Å². The molecule has 6 nitrogen and oxygen atoms in total. The number of nitrogens with zero attached hydrogens (tertiary/aromatic N) is 5. The fourth-order valence-electron chi connectivity index (χ4n) is 3.17. The predicted octanol–water partition coefficient (Wildman–Crippen LogP) is 1.95. The largest absolute Gasteiger partial charge is 0.387 e. The van der Waals surface area contributed by atoms with Crippen LogP contribution in [0.5, 0.6) is 0 Å². The molecule has 0 amide bonds. The summed E-state index contributed by atoms with van der Waals surface area (Å²) in [6.45, 7) is 14.1. The van der Waals surface area contributed by atoms with Crippen LogP contribution >= 0.6 is 0 Å². The van der Waals surface area contributed by atoms with Crippen molar-refractivity contribution >= 4 is 0 Å². The van der Waals surface area contributed by atoms with Crippen LogP contribution in [0.3, 0.4) is 0 Å². The number of aryl methyl sites for hydroxylation is 1. The highest BCUT2D eigenvalue weighted by Gasteiger charge is 2.22. The first kappa shape index (κ1) is 16.0. The van der Waals surface area contributed by atoms with E-state index in [-0.39, 0.29) is 0 Å². The van der Waals surface area contributed by atoms with Crippen molar-refractivity contribution in [3.8, 4) is 0 Å². The van der Waals surface area contributed by atoms with Gasteiger partial charge in [0, 0.05) is 30.9 Å². The molecule has 0 unspecified atom stereocenters. The molecule has 2 aromatic heterocycles. The minimum atomic E-state index is -0.511. The predicted molar refractivity (Wildman–Crippen MR) is 88.9 cm³/mol. The fourth-order valence-corrected chi connectivity index (χ4v) is 3.17. The van der Waals surface area contributed by atoms with Crippen molar-refractivity contribution in [3.63, 3.8) is 0 Å². The van der Waals surface area contributed by atoms with Crippen molar-refractivity contribution < 1.29 is 5.11 Å². The maximum atomic E-state index is 9.69. The van der Waals surface area contributed by atoms with Gasteiger partial charge in [-0.05, 0) is 26.8 Å². The lowest BCUT2D eigenvalue weighted by Crippen LogP contribution is -2.33. The number of fused-ring (bicyclic) bond motifs is 1. The van der Waals surface area contributed by atoms with Crippen molar-refractivity contribution in [2.45, 2.75) is 53.1 Å². The molecule has 0 saturated carbocycles. The summed E-state index contributed by atoms with van der Waals surface area (Å²) in [5.74, 6) is 0. The van der Waals surface area contributed by atoms with Crippen LogP contribution in [0.2, 0.25) is 0 Å². The maximum Gasteiger partial charge on any atom is 0.0950 e. The summed E-state index contributed by atoms with van der Waals surface area (Å²) >= 11 is 0. The Kier molecular flexibility index (Phi) is 4.37. The summed E-state index contributed by atoms with van der Waals surface area (Å²) in [5, 5.41) is 18.8. The zero-order chi connectivity index (χ0) is 16.6. The third kappa shape index (κ3) is 3.09. The number of aromatic nitrogens is 4. The molecule has 0 aromatic carbocycles. The van der Waals surface area contributed by atoms with Crippen LogP contribution in [-0.4, -0.2) is 36.1 Å². The third-order valence-corrected chi connectivity index (χ3v) is 4.54. The topological polar surface area (TPSA) is 59.1 Å². The highest BCUT2D eigenvalue weighted by Crippen LogP contribution is 2.21. The van der Waals surface area contributed by atoms with Gasteiger partial charge in [-0.2, -0.15) is 10.2 Å². The summed E-state index contributed by atoms with van der Waals surface area (Å²) in [6.07, 6.45) is 1.36. The Morgan fingerprint density at radius 2 is 2.13 bits per heavy atom. The number of hydrogen-bond donors (Lipinski definition) is 1. The molecule has 0 spiro atoms. The van der Waals surface area contributed by atoms with Gasteiger partial charge in [-0.1, -0.05) is 6.08 Å². The normalized spacial score (nSPS) is 16.3. The van der Waals surface area contributed by atoms with Crippen LogP contribution < -0.4 is 0 Å². The van der Waals surface area contributed by atoms with E-state index in [0.29, 0.717) is 0 Å². The van der Waals surface area contributed by atoms with Gasteiger partial charge in [-0.15, -0.1) is 6.58 Å². The van der Waals surface area contributed by atoms with Crippen LogP contribution in [0.4, 0.5) is 0 Å². The van der Waals surface area contributed by atoms with Crippen molar-refractivity contribution in [3.05, 3.63) is 47.1 Å². The Labute approximate surface area is 137 Å². The quantitative estimate of drug-likeness (QED) is 0.857. The monoisotopic (exact) mass is 315 g/mol. The molecule has 124 valence electrons. The highest BCUT2D eigenvalue weighted by atomic mass is 16.3. The average molecular weight is 315 g/mol. The van der Waals surface area contributed by atoms with Gasteiger partial charge in [0.05, 0.1) is 36.3 Å². The van der Waals surface area contributed by atoms with Gasteiger partial charge in [0.2, 0.25) is 0 Å². The Balaban J connectivity index is 1.76. The molecular formula is C17H25N5O. The molecule has 1 aliphatic rings. The van der Waals surface area contributed by atoms with Gasteiger partial charge in [0.25, 0.3) is 0 Å². The fraction of sp³-hybridized carbons (Fsp3) is 0.529. The Morgan fingerprint density at radius 1 is 1.35 bits per heavy atom. The molecule has 23 heavy (non-hydrogen) atoms. The first-order chi connectivity index (χ1) is 11.0. The number of aliphatic hydroxyl groups excluding tert-OH is 1. The molecule has 3 heterocycles. The molecule has 6 heteroatoms. The van der Waals surface area contributed by atoms with E-state index in [1.165, 1.54) is 17.0 Å². The van der Waals surface area contributed by atoms with E-state index >= 15 is 0 Å². The average Bonchev–Trinajstić information content (AvgIpc) is 3.04. The second-order valence-corrected chi connectivity index (χ2v) is 6.29. The number of aliphatic hydroxyl groups is 1. The van der Waals surface area contributed by atoms with Gasteiger partial charge in [0.15, 0.2) is 0 Å². The Morgan fingerprint density at radius 3 is 2.83 bits per heavy atom. The first-order valence-corrected chi connectivity index (χ1v) is 8.10. The second-order valence-electron chi connectivity index (χ2n) is 6.29. The lowest BCUT2D eigenvalue weighted by atomic mass is 10.1. The number of hydrogen-bond acceptors (Lipinski definition) is 4. The van der Waals surface area contributed by atoms with Gasteiger partial charge in [0.1, 0.15) is 0 Å². The van der Waals surface area contributed by atoms with E-state index in [2.05, 4.69) is 35.5 Å². The van der Waals surface area contributed by atoms with Crippen molar-refractivity contribution in [2.24, 2.45) is 0 Å². The molecule has 0 aliphatic carbocycles. The molecule has 1 N–H and O–H groups in total. The van der Waals surface area contributed by atoms with Crippen LogP contribution in [0.15, 0.2) is 18.7 Å². The molecule has 1 aliphatic heterocycles. The first-order valence-electron chi connectivity index (χ1n) is 8.10. The molecule has 3 rings (SSSR count). The van der Waals surface area contributed by atoms with Crippen molar-refractivity contribution in [1.82, 2.24) is 24.5 Å². The summed E-state index contributed by atoms with van der Waals surface area (Å²) in [7, 11) is 0. The minimum Gasteiger partial charge on any atom is -0.387 e. The summed E-state index contributed by atoms with van der Waals surface area (Å²) in [5.41, 5.74) is 5.53. The minimum absolute atomic E-state index is 0.511. The Bertz CT molecular complexity index is 713. The Hall–Kier alpha value is -1.92. The number of allylic oxidation sites excluding steroid dienone is 1. The molecule has 1 atom stereocenters.